The number of nitrogens with one attached hydrogen (secondary N) is 1. The molecule has 1 saturated carbocycles. The van der Waals surface area contributed by atoms with Gasteiger partial charge in [-0.1, -0.05) is 37.5 Å². The number of rotatable bonds is 8. The van der Waals surface area contributed by atoms with Crippen molar-refractivity contribution in [2.75, 3.05) is 27.9 Å². The Kier molecular flexibility index (Phi) is 8.48. The Balaban J connectivity index is 1.40. The first kappa shape index (κ1) is 29.6. The van der Waals surface area contributed by atoms with E-state index in [0.29, 0.717) is 24.6 Å². The average Bonchev–Trinajstić information content (AvgIpc) is 3.25. The highest BCUT2D eigenvalue weighted by molar-refractivity contribution is 6.02. The second-order valence-corrected chi connectivity index (χ2v) is 11.6. The standard InChI is InChI=1S/C35H39N3O6/c1-37(43-3)35(41)29(19-22-9-12-25(39)13-10-22)36-34(40)24-11-15-27-30(20-24)38-17-18-44-31-21-26(42-2)14-16-28(31)33(38)32(27)23-7-5-4-6-8-23/h9-16,20-21,23,29,39H,4-8,17-19H2,1-3H3,(H,36,40)/t29-/m0/s1. The first-order chi connectivity index (χ1) is 21.4. The number of hydrogen-bond donors (Lipinski definition) is 2. The van der Waals surface area contributed by atoms with Gasteiger partial charge in [-0.05, 0) is 66.3 Å². The summed E-state index contributed by atoms with van der Waals surface area (Å²) in [5.74, 6) is 1.38. The summed E-state index contributed by atoms with van der Waals surface area (Å²) in [7, 11) is 4.58. The summed E-state index contributed by atoms with van der Waals surface area (Å²) < 4.78 is 14.0. The van der Waals surface area contributed by atoms with E-state index in [-0.39, 0.29) is 24.0 Å². The molecule has 0 radical (unpaired) electrons. The van der Waals surface area contributed by atoms with Gasteiger partial charge in [0.15, 0.2) is 0 Å². The van der Waals surface area contributed by atoms with E-state index in [1.54, 1.807) is 31.4 Å². The SMILES string of the molecule is COc1ccc2c(c1)OCCn1c-2c(C2CCCCC2)c2ccc(C(=O)N[C@@H](Cc3ccc(O)cc3)C(=O)N(C)OC)cc21. The molecule has 0 saturated heterocycles. The largest absolute Gasteiger partial charge is 0.508 e. The van der Waals surface area contributed by atoms with Crippen molar-refractivity contribution in [1.82, 2.24) is 14.9 Å². The van der Waals surface area contributed by atoms with Crippen LogP contribution in [0.1, 0.15) is 59.5 Å². The molecule has 3 aromatic carbocycles. The van der Waals surface area contributed by atoms with Crippen LogP contribution < -0.4 is 14.8 Å². The maximum Gasteiger partial charge on any atom is 0.268 e. The Hall–Kier alpha value is -4.50. The van der Waals surface area contributed by atoms with Crippen LogP contribution in [-0.2, 0) is 22.6 Å². The number of ether oxygens (including phenoxy) is 2. The van der Waals surface area contributed by atoms with Gasteiger partial charge in [-0.2, -0.15) is 0 Å². The molecule has 0 unspecified atom stereocenters. The van der Waals surface area contributed by atoms with Crippen molar-refractivity contribution in [3.63, 3.8) is 0 Å². The number of likely N-dealkylation sites (N-methyl/N-ethyl adjacent to an activating group) is 1. The number of carbonyl (C=O) groups excluding carboxylic acids is 2. The zero-order chi connectivity index (χ0) is 30.8. The zero-order valence-corrected chi connectivity index (χ0v) is 25.5. The molecule has 2 aliphatic rings. The summed E-state index contributed by atoms with van der Waals surface area (Å²) in [4.78, 5) is 32.1. The molecule has 9 heteroatoms. The number of hydroxylamine groups is 2. The molecule has 44 heavy (non-hydrogen) atoms. The predicted molar refractivity (Wildman–Crippen MR) is 168 cm³/mol. The Morgan fingerprint density at radius 1 is 1.05 bits per heavy atom. The molecule has 6 rings (SSSR count). The lowest BCUT2D eigenvalue weighted by molar-refractivity contribution is -0.170. The second-order valence-electron chi connectivity index (χ2n) is 11.6. The molecule has 4 aromatic rings. The number of phenolic OH excluding ortho intramolecular Hbond substituents is 1. The van der Waals surface area contributed by atoms with Crippen LogP contribution in [0.2, 0.25) is 0 Å². The monoisotopic (exact) mass is 597 g/mol. The number of aromatic nitrogens is 1. The van der Waals surface area contributed by atoms with Crippen LogP contribution in [0.4, 0.5) is 0 Å². The zero-order valence-electron chi connectivity index (χ0n) is 25.5. The minimum atomic E-state index is -0.870. The lowest BCUT2D eigenvalue weighted by Gasteiger charge is -2.24. The highest BCUT2D eigenvalue weighted by atomic mass is 16.7. The van der Waals surface area contributed by atoms with Gasteiger partial charge in [0.2, 0.25) is 0 Å². The van der Waals surface area contributed by atoms with Crippen LogP contribution in [-0.4, -0.2) is 60.5 Å². The molecular weight excluding hydrogens is 558 g/mol. The molecule has 2 heterocycles. The molecule has 230 valence electrons. The van der Waals surface area contributed by atoms with Crippen LogP contribution >= 0.6 is 0 Å². The van der Waals surface area contributed by atoms with Gasteiger partial charge >= 0.3 is 0 Å². The van der Waals surface area contributed by atoms with E-state index < -0.39 is 6.04 Å². The molecule has 1 fully saturated rings. The van der Waals surface area contributed by atoms with E-state index in [9.17, 15) is 14.7 Å². The molecule has 1 aromatic heterocycles. The van der Waals surface area contributed by atoms with Gasteiger partial charge in [0.1, 0.15) is 29.9 Å². The fourth-order valence-electron chi connectivity index (χ4n) is 6.66. The lowest BCUT2D eigenvalue weighted by atomic mass is 9.81. The summed E-state index contributed by atoms with van der Waals surface area (Å²) in [6.45, 7) is 1.13. The predicted octanol–water partition coefficient (Wildman–Crippen LogP) is 5.82. The molecule has 1 atom stereocenters. The summed E-state index contributed by atoms with van der Waals surface area (Å²) in [6, 6.07) is 17.6. The number of phenols is 1. The number of nitrogens with zero attached hydrogens (tertiary/aromatic N) is 2. The van der Waals surface area contributed by atoms with E-state index in [4.69, 9.17) is 14.3 Å². The van der Waals surface area contributed by atoms with Gasteiger partial charge in [-0.25, -0.2) is 5.06 Å². The van der Waals surface area contributed by atoms with Crippen molar-refractivity contribution < 1.29 is 29.0 Å². The first-order valence-corrected chi connectivity index (χ1v) is 15.3. The number of carbonyl (C=O) groups is 2. The smallest absolute Gasteiger partial charge is 0.268 e. The molecular formula is C35H39N3O6. The fraction of sp³-hybridized carbons (Fsp3) is 0.371. The molecule has 0 bridgehead atoms. The van der Waals surface area contributed by atoms with Crippen molar-refractivity contribution in [1.29, 1.82) is 0 Å². The molecule has 9 nitrogen and oxygen atoms in total. The van der Waals surface area contributed by atoms with Gasteiger partial charge in [-0.3, -0.25) is 14.4 Å². The summed E-state index contributed by atoms with van der Waals surface area (Å²) in [5.41, 5.74) is 5.76. The Morgan fingerprint density at radius 2 is 1.82 bits per heavy atom. The number of amides is 2. The number of methoxy groups -OCH3 is 1. The number of aromatic hydroxyl groups is 1. The average molecular weight is 598 g/mol. The van der Waals surface area contributed by atoms with Crippen molar-refractivity contribution in [3.05, 3.63) is 77.4 Å². The third-order valence-electron chi connectivity index (χ3n) is 8.96. The van der Waals surface area contributed by atoms with Crippen molar-refractivity contribution >= 4 is 22.7 Å². The van der Waals surface area contributed by atoms with Crippen LogP contribution in [0.25, 0.3) is 22.2 Å². The summed E-state index contributed by atoms with van der Waals surface area (Å²) >= 11 is 0. The normalized spacial score (nSPS) is 15.4. The fourth-order valence-corrected chi connectivity index (χ4v) is 6.66. The van der Waals surface area contributed by atoms with Gasteiger partial charge in [0.05, 0.1) is 26.5 Å². The second kappa shape index (κ2) is 12.6. The minimum Gasteiger partial charge on any atom is -0.508 e. The van der Waals surface area contributed by atoms with Gasteiger partial charge in [0, 0.05) is 41.6 Å². The Morgan fingerprint density at radius 3 is 2.55 bits per heavy atom. The highest BCUT2D eigenvalue weighted by Crippen LogP contribution is 2.47. The van der Waals surface area contributed by atoms with Crippen molar-refractivity contribution in [3.8, 4) is 28.5 Å². The van der Waals surface area contributed by atoms with E-state index in [1.165, 1.54) is 39.0 Å². The van der Waals surface area contributed by atoms with Gasteiger partial charge in [-0.15, -0.1) is 0 Å². The third-order valence-corrected chi connectivity index (χ3v) is 8.96. The molecule has 2 N–H and O–H groups in total. The van der Waals surface area contributed by atoms with Crippen LogP contribution in [0, 0.1) is 0 Å². The number of fused-ring (bicyclic) bond motifs is 5. The molecule has 1 aliphatic heterocycles. The number of benzene rings is 3. The molecule has 1 aliphatic carbocycles. The maximum absolute atomic E-state index is 13.8. The highest BCUT2D eigenvalue weighted by Gasteiger charge is 2.31. The Bertz CT molecular complexity index is 1670. The summed E-state index contributed by atoms with van der Waals surface area (Å²) in [6.07, 6.45) is 6.17. The van der Waals surface area contributed by atoms with Crippen LogP contribution in [0.15, 0.2) is 60.7 Å². The Labute approximate surface area is 257 Å². The third kappa shape index (κ3) is 5.71. The van der Waals surface area contributed by atoms with Crippen LogP contribution in [0.3, 0.4) is 0 Å². The minimum absolute atomic E-state index is 0.133. The van der Waals surface area contributed by atoms with Crippen molar-refractivity contribution in [2.24, 2.45) is 0 Å². The van der Waals surface area contributed by atoms with Gasteiger partial charge < -0.3 is 24.5 Å². The lowest BCUT2D eigenvalue weighted by Crippen LogP contribution is -2.48. The molecule has 0 spiro atoms. The van der Waals surface area contributed by atoms with E-state index in [2.05, 4.69) is 22.0 Å². The topological polar surface area (TPSA) is 102 Å². The summed E-state index contributed by atoms with van der Waals surface area (Å²) in [5, 5.41) is 14.9. The van der Waals surface area contributed by atoms with Crippen LogP contribution in [0.5, 0.6) is 17.2 Å². The first-order valence-electron chi connectivity index (χ1n) is 15.3. The van der Waals surface area contributed by atoms with E-state index in [1.807, 2.05) is 24.3 Å². The maximum atomic E-state index is 13.8. The number of hydrogen-bond acceptors (Lipinski definition) is 6. The van der Waals surface area contributed by atoms with Crippen molar-refractivity contribution in [2.45, 2.75) is 57.0 Å². The quantitative estimate of drug-likeness (QED) is 0.248. The van der Waals surface area contributed by atoms with Gasteiger partial charge in [0.25, 0.3) is 11.8 Å². The van der Waals surface area contributed by atoms with E-state index >= 15 is 0 Å². The molecule has 2 amide bonds. The van der Waals surface area contributed by atoms with E-state index in [0.717, 1.165) is 57.1 Å².